The molecule has 1 atom stereocenters. The van der Waals surface area contributed by atoms with Crippen molar-refractivity contribution in [2.75, 3.05) is 33.4 Å². The highest BCUT2D eigenvalue weighted by molar-refractivity contribution is 7.89. The van der Waals surface area contributed by atoms with Crippen LogP contribution in [0.1, 0.15) is 17.6 Å². The fourth-order valence-electron chi connectivity index (χ4n) is 2.61. The van der Waals surface area contributed by atoms with Crippen LogP contribution in [0.2, 0.25) is 0 Å². The highest BCUT2D eigenvalue weighted by Gasteiger charge is 2.35. The third kappa shape index (κ3) is 3.71. The predicted octanol–water partition coefficient (Wildman–Crippen LogP) is -0.876. The summed E-state index contributed by atoms with van der Waals surface area (Å²) in [4.78, 5) is 1.40. The van der Waals surface area contributed by atoms with Gasteiger partial charge in [0.15, 0.2) is 5.03 Å². The molecule has 1 fully saturated rings. The van der Waals surface area contributed by atoms with Crippen molar-refractivity contribution in [1.82, 2.24) is 34.3 Å². The van der Waals surface area contributed by atoms with Crippen molar-refractivity contribution >= 4 is 10.0 Å². The number of hydrogen-bond donors (Lipinski definition) is 0. The quantitative estimate of drug-likeness (QED) is 0.643. The summed E-state index contributed by atoms with van der Waals surface area (Å²) in [6.45, 7) is 3.33. The summed E-state index contributed by atoms with van der Waals surface area (Å²) in [7, 11) is -0.469. The number of methoxy groups -OCH3 is 1. The predicted molar refractivity (Wildman–Crippen MR) is 85.1 cm³/mol. The van der Waals surface area contributed by atoms with Crippen LogP contribution in [-0.2, 0) is 33.1 Å². The molecule has 138 valence electrons. The molecular formula is C13H21N7O4S. The Balaban J connectivity index is 1.76. The van der Waals surface area contributed by atoms with E-state index in [1.165, 1.54) is 13.8 Å². The second kappa shape index (κ2) is 7.15. The first-order chi connectivity index (χ1) is 11.9. The fraction of sp³-hybridized carbons (Fsp3) is 0.692. The standard InChI is InChI=1S/C13H21N7O4S/c1-10-8-12(18(2)15-10)25(21,22)19-4-7-24-11(9-19)13-14-17-20(16-13)5-6-23-3/h8,11H,4-7,9H2,1-3H3. The van der Waals surface area contributed by atoms with Gasteiger partial charge in [0.1, 0.15) is 6.10 Å². The molecule has 3 rings (SSSR count). The molecule has 2 aromatic heterocycles. The lowest BCUT2D eigenvalue weighted by Crippen LogP contribution is -2.43. The fourth-order valence-corrected chi connectivity index (χ4v) is 4.22. The Morgan fingerprint density at radius 2 is 2.20 bits per heavy atom. The average molecular weight is 371 g/mol. The number of aryl methyl sites for hydroxylation is 2. The van der Waals surface area contributed by atoms with Crippen LogP contribution in [0.3, 0.4) is 0 Å². The molecule has 12 heteroatoms. The molecule has 0 aliphatic carbocycles. The maximum atomic E-state index is 12.9. The molecule has 0 bridgehead atoms. The van der Waals surface area contributed by atoms with Crippen molar-refractivity contribution in [3.05, 3.63) is 17.6 Å². The van der Waals surface area contributed by atoms with Crippen LogP contribution in [0.4, 0.5) is 0 Å². The summed E-state index contributed by atoms with van der Waals surface area (Å²) < 4.78 is 39.1. The van der Waals surface area contributed by atoms with E-state index in [0.717, 1.165) is 0 Å². The number of rotatable bonds is 6. The Kier molecular flexibility index (Phi) is 5.13. The third-order valence-corrected chi connectivity index (χ3v) is 5.77. The topological polar surface area (TPSA) is 117 Å². The molecule has 0 aromatic carbocycles. The minimum atomic E-state index is -3.67. The van der Waals surface area contributed by atoms with Crippen LogP contribution >= 0.6 is 0 Å². The van der Waals surface area contributed by atoms with Crippen molar-refractivity contribution in [1.29, 1.82) is 0 Å². The molecule has 1 aliphatic heterocycles. The van der Waals surface area contributed by atoms with Crippen LogP contribution in [0.5, 0.6) is 0 Å². The van der Waals surface area contributed by atoms with Crippen LogP contribution in [0, 0.1) is 6.92 Å². The van der Waals surface area contributed by atoms with Gasteiger partial charge in [0, 0.05) is 27.2 Å². The number of aromatic nitrogens is 6. The van der Waals surface area contributed by atoms with E-state index in [1.54, 1.807) is 27.1 Å². The normalized spacial score (nSPS) is 19.4. The molecule has 1 saturated heterocycles. The molecule has 11 nitrogen and oxygen atoms in total. The molecule has 0 amide bonds. The Morgan fingerprint density at radius 3 is 2.88 bits per heavy atom. The summed E-state index contributed by atoms with van der Waals surface area (Å²) >= 11 is 0. The minimum absolute atomic E-state index is 0.128. The van der Waals surface area contributed by atoms with Crippen LogP contribution in [0.15, 0.2) is 11.1 Å². The minimum Gasteiger partial charge on any atom is -0.383 e. The molecule has 1 aliphatic rings. The van der Waals surface area contributed by atoms with E-state index in [1.807, 2.05) is 0 Å². The van der Waals surface area contributed by atoms with E-state index in [2.05, 4.69) is 20.5 Å². The van der Waals surface area contributed by atoms with E-state index in [4.69, 9.17) is 9.47 Å². The second-order valence-corrected chi connectivity index (χ2v) is 7.59. The smallest absolute Gasteiger partial charge is 0.260 e. The number of ether oxygens (including phenoxy) is 2. The van der Waals surface area contributed by atoms with E-state index in [0.29, 0.717) is 24.7 Å². The molecule has 0 saturated carbocycles. The van der Waals surface area contributed by atoms with Gasteiger partial charge in [-0.3, -0.25) is 4.68 Å². The van der Waals surface area contributed by atoms with Crippen LogP contribution in [0.25, 0.3) is 0 Å². The maximum absolute atomic E-state index is 12.9. The molecule has 3 heterocycles. The number of nitrogens with zero attached hydrogens (tertiary/aromatic N) is 7. The summed E-state index contributed by atoms with van der Waals surface area (Å²) in [5.74, 6) is 0.359. The first-order valence-corrected chi connectivity index (χ1v) is 9.25. The molecule has 1 unspecified atom stereocenters. The van der Waals surface area contributed by atoms with Gasteiger partial charge in [0.2, 0.25) is 5.82 Å². The Morgan fingerprint density at radius 1 is 1.40 bits per heavy atom. The Labute approximate surface area is 145 Å². The van der Waals surface area contributed by atoms with E-state index < -0.39 is 16.1 Å². The molecule has 0 spiro atoms. The van der Waals surface area contributed by atoms with Gasteiger partial charge in [-0.25, -0.2) is 8.42 Å². The zero-order valence-electron chi connectivity index (χ0n) is 14.4. The number of morpholine rings is 1. The SMILES string of the molecule is COCCn1nnc(C2CN(S(=O)(=O)c3cc(C)nn3C)CCO2)n1. The molecule has 25 heavy (non-hydrogen) atoms. The van der Waals surface area contributed by atoms with Gasteiger partial charge in [-0.15, -0.1) is 10.2 Å². The Hall–Kier alpha value is -1.89. The van der Waals surface area contributed by atoms with Gasteiger partial charge in [-0.2, -0.15) is 14.2 Å². The lowest BCUT2D eigenvalue weighted by atomic mass is 10.3. The summed E-state index contributed by atoms with van der Waals surface area (Å²) in [6.07, 6.45) is -0.561. The van der Waals surface area contributed by atoms with Gasteiger partial charge < -0.3 is 9.47 Å². The third-order valence-electron chi connectivity index (χ3n) is 3.84. The highest BCUT2D eigenvalue weighted by Crippen LogP contribution is 2.24. The first kappa shape index (κ1) is 17.9. The van der Waals surface area contributed by atoms with Gasteiger partial charge >= 0.3 is 0 Å². The number of sulfonamides is 1. The Bertz CT molecular complexity index is 831. The summed E-state index contributed by atoms with van der Waals surface area (Å²) in [5, 5.41) is 16.4. The van der Waals surface area contributed by atoms with Gasteiger partial charge in [0.25, 0.3) is 10.0 Å². The van der Waals surface area contributed by atoms with E-state index in [9.17, 15) is 8.42 Å². The van der Waals surface area contributed by atoms with E-state index in [-0.39, 0.29) is 24.7 Å². The maximum Gasteiger partial charge on any atom is 0.260 e. The summed E-state index contributed by atoms with van der Waals surface area (Å²) in [5.41, 5.74) is 0.647. The average Bonchev–Trinajstić information content (AvgIpc) is 3.19. The van der Waals surface area contributed by atoms with Gasteiger partial charge in [0.05, 0.1) is 25.5 Å². The van der Waals surface area contributed by atoms with Crippen molar-refractivity contribution in [3.63, 3.8) is 0 Å². The lowest BCUT2D eigenvalue weighted by Gasteiger charge is -2.30. The van der Waals surface area contributed by atoms with Crippen molar-refractivity contribution in [2.45, 2.75) is 24.6 Å². The highest BCUT2D eigenvalue weighted by atomic mass is 32.2. The molecular weight excluding hydrogens is 350 g/mol. The molecule has 0 radical (unpaired) electrons. The summed E-state index contributed by atoms with van der Waals surface area (Å²) in [6, 6.07) is 1.55. The van der Waals surface area contributed by atoms with Crippen molar-refractivity contribution < 1.29 is 17.9 Å². The number of tetrazole rings is 1. The van der Waals surface area contributed by atoms with E-state index >= 15 is 0 Å². The zero-order chi connectivity index (χ0) is 18.0. The van der Waals surface area contributed by atoms with Gasteiger partial charge in [-0.05, 0) is 18.2 Å². The number of hydrogen-bond acceptors (Lipinski definition) is 8. The van der Waals surface area contributed by atoms with Crippen molar-refractivity contribution in [2.24, 2.45) is 7.05 Å². The molecule has 2 aromatic rings. The zero-order valence-corrected chi connectivity index (χ0v) is 15.2. The monoisotopic (exact) mass is 371 g/mol. The van der Waals surface area contributed by atoms with Gasteiger partial charge in [-0.1, -0.05) is 0 Å². The van der Waals surface area contributed by atoms with Crippen molar-refractivity contribution in [3.8, 4) is 0 Å². The lowest BCUT2D eigenvalue weighted by molar-refractivity contribution is -0.00786. The second-order valence-electron chi connectivity index (χ2n) is 5.71. The molecule has 0 N–H and O–H groups in total. The first-order valence-electron chi connectivity index (χ1n) is 7.81. The van der Waals surface area contributed by atoms with Crippen LogP contribution in [-0.4, -0.2) is 76.1 Å². The largest absolute Gasteiger partial charge is 0.383 e. The van der Waals surface area contributed by atoms with Crippen LogP contribution < -0.4 is 0 Å².